The molecule has 226 valence electrons. The highest BCUT2D eigenvalue weighted by molar-refractivity contribution is 8.41. The average Bonchev–Trinajstić information content (AvgIpc) is 3.61. The number of aromatic nitrogens is 5. The molecule has 0 fully saturated rings. The van der Waals surface area contributed by atoms with E-state index in [-0.39, 0.29) is 46.8 Å². The van der Waals surface area contributed by atoms with Crippen LogP contribution in [-0.4, -0.2) is 81.7 Å². The smallest absolute Gasteiger partial charge is 0.287 e. The number of nitrogens with one attached hydrogen (secondary N) is 1. The molecular weight excluding hydrogens is 629 g/mol. The Kier molecular flexibility index (Phi) is 12.5. The summed E-state index contributed by atoms with van der Waals surface area (Å²) >= 11 is 9.75. The number of aliphatic hydroxyl groups excluding tert-OH is 3. The summed E-state index contributed by atoms with van der Waals surface area (Å²) in [5.41, 5.74) is 0.970. The lowest BCUT2D eigenvalue weighted by Gasteiger charge is -2.08. The van der Waals surface area contributed by atoms with Crippen LogP contribution in [0.5, 0.6) is 0 Å². The monoisotopic (exact) mass is 657 g/mol. The third kappa shape index (κ3) is 7.56. The molecule has 0 spiro atoms. The molecule has 0 saturated carbocycles. The van der Waals surface area contributed by atoms with Crippen LogP contribution in [0.1, 0.15) is 0 Å². The van der Waals surface area contributed by atoms with Gasteiger partial charge in [0.25, 0.3) is 5.56 Å². The third-order valence-electron chi connectivity index (χ3n) is 5.49. The fourth-order valence-corrected chi connectivity index (χ4v) is 5.80. The lowest BCUT2D eigenvalue weighted by atomic mass is 10.2. The minimum Gasteiger partial charge on any atom is -0.400 e. The zero-order valence-electron chi connectivity index (χ0n) is 22.5. The zero-order chi connectivity index (χ0) is 30.9. The highest BCUT2D eigenvalue weighted by Gasteiger charge is 2.28. The quantitative estimate of drug-likeness (QED) is 0.117. The number of H-pyrrole nitrogens is 1. The van der Waals surface area contributed by atoms with Crippen molar-refractivity contribution in [1.29, 1.82) is 0 Å². The standard InChI is InChI=1S/C21H16ClN5O4S.C3H9O3PS.CH4O/c22-14-6-8-15(9-7-14)32(30,31)21-24-17-18(26(21)10-11-28)25-20-23-16(12-27(20)19(17)29)13-4-2-1-3-5-13;1-5-7(8)6-3-2-4;1-2/h1-9,12,28H,10-11H2,(H,23,25);4,8H,2-3H2,1H3;2H,1H3. The molecule has 0 aliphatic rings. The largest absolute Gasteiger partial charge is 0.400 e. The number of rotatable bonds is 9. The molecule has 5 rings (SSSR count). The summed E-state index contributed by atoms with van der Waals surface area (Å²) in [6.07, 6.45) is 1.60. The van der Waals surface area contributed by atoms with Crippen molar-refractivity contribution in [2.24, 2.45) is 0 Å². The number of imidazole rings is 2. The average molecular weight is 658 g/mol. The van der Waals surface area contributed by atoms with Crippen molar-refractivity contribution in [3.05, 3.63) is 76.2 Å². The van der Waals surface area contributed by atoms with Crippen LogP contribution in [0, 0.1) is 0 Å². The van der Waals surface area contributed by atoms with Gasteiger partial charge in [-0.2, -0.15) is 4.98 Å². The second kappa shape index (κ2) is 15.6. The van der Waals surface area contributed by atoms with Crippen LogP contribution in [0.25, 0.3) is 28.2 Å². The number of thiol groups is 1. The van der Waals surface area contributed by atoms with Crippen molar-refractivity contribution in [3.63, 3.8) is 0 Å². The molecule has 0 aliphatic carbocycles. The topological polar surface area (TPSA) is 181 Å². The lowest BCUT2D eigenvalue weighted by molar-refractivity contribution is 0.200. The Labute approximate surface area is 252 Å². The Morgan fingerprint density at radius 3 is 2.31 bits per heavy atom. The van der Waals surface area contributed by atoms with Crippen molar-refractivity contribution >= 4 is 58.2 Å². The van der Waals surface area contributed by atoms with E-state index in [1.807, 2.05) is 30.3 Å². The molecule has 17 heteroatoms. The Bertz CT molecular complexity index is 1760. The SMILES string of the molecule is CO.COP(S)OCCO.O=c1c2nc(S(=O)(=O)c3ccc(Cl)cc3)n(CCO)c2nc2[nH]c(-c3ccccc3)cn12. The van der Waals surface area contributed by atoms with E-state index >= 15 is 0 Å². The van der Waals surface area contributed by atoms with Crippen LogP contribution in [-0.2, 0) is 25.4 Å². The number of nitrogens with zero attached hydrogens (tertiary/aromatic N) is 4. The number of sulfone groups is 1. The van der Waals surface area contributed by atoms with Gasteiger partial charge in [-0.1, -0.05) is 54.2 Å². The minimum absolute atomic E-state index is 0.0166. The molecule has 0 saturated heterocycles. The molecule has 1 unspecified atom stereocenters. The first-order valence-corrected chi connectivity index (χ1v) is 16.3. The fourth-order valence-electron chi connectivity index (χ4n) is 3.70. The van der Waals surface area contributed by atoms with Gasteiger partial charge in [0.2, 0.25) is 28.3 Å². The van der Waals surface area contributed by atoms with E-state index in [0.29, 0.717) is 17.3 Å². The minimum atomic E-state index is -4.10. The molecule has 13 nitrogen and oxygen atoms in total. The van der Waals surface area contributed by atoms with Crippen LogP contribution >= 0.6 is 31.4 Å². The maximum atomic E-state index is 13.2. The molecule has 42 heavy (non-hydrogen) atoms. The molecule has 0 aliphatic heterocycles. The van der Waals surface area contributed by atoms with Crippen LogP contribution < -0.4 is 5.56 Å². The first-order chi connectivity index (χ1) is 20.2. The number of halogens is 1. The second-order valence-electron chi connectivity index (χ2n) is 8.02. The molecule has 3 heterocycles. The fraction of sp³-hybridized carbons (Fsp3) is 0.240. The van der Waals surface area contributed by atoms with Crippen molar-refractivity contribution in [1.82, 2.24) is 23.9 Å². The maximum absolute atomic E-state index is 13.2. The Morgan fingerprint density at radius 2 is 1.71 bits per heavy atom. The summed E-state index contributed by atoms with van der Waals surface area (Å²) in [5, 5.41) is 24.8. The van der Waals surface area contributed by atoms with Crippen LogP contribution in [0.4, 0.5) is 0 Å². The molecule has 0 bridgehead atoms. The van der Waals surface area contributed by atoms with E-state index in [0.717, 1.165) is 12.7 Å². The van der Waals surface area contributed by atoms with E-state index in [1.165, 1.54) is 40.3 Å². The summed E-state index contributed by atoms with van der Waals surface area (Å²) in [5.74, 6) is 0.232. The van der Waals surface area contributed by atoms with E-state index in [4.69, 9.17) is 26.3 Å². The number of benzene rings is 2. The number of aromatic amines is 1. The van der Waals surface area contributed by atoms with Crippen molar-refractivity contribution in [2.45, 2.75) is 16.6 Å². The van der Waals surface area contributed by atoms with Crippen LogP contribution in [0.2, 0.25) is 5.02 Å². The van der Waals surface area contributed by atoms with E-state index < -0.39 is 23.0 Å². The van der Waals surface area contributed by atoms with Crippen LogP contribution in [0.3, 0.4) is 0 Å². The van der Waals surface area contributed by atoms with E-state index in [9.17, 15) is 18.3 Å². The lowest BCUT2D eigenvalue weighted by Crippen LogP contribution is -2.15. The van der Waals surface area contributed by atoms with E-state index in [1.54, 1.807) is 6.20 Å². The Hall–Kier alpha value is -2.85. The van der Waals surface area contributed by atoms with Gasteiger partial charge in [0.15, 0.2) is 11.2 Å². The van der Waals surface area contributed by atoms with Crippen molar-refractivity contribution < 1.29 is 32.8 Å². The van der Waals surface area contributed by atoms with Gasteiger partial charge >= 0.3 is 0 Å². The third-order valence-corrected chi connectivity index (χ3v) is 8.98. The van der Waals surface area contributed by atoms with Crippen molar-refractivity contribution in [3.8, 4) is 11.3 Å². The molecular formula is C25H29ClN5O8PS2. The summed E-state index contributed by atoms with van der Waals surface area (Å²) in [6, 6.07) is 15.0. The summed E-state index contributed by atoms with van der Waals surface area (Å²) in [6.45, 7) is -0.158. The molecule has 4 N–H and O–H groups in total. The second-order valence-corrected chi connectivity index (χ2v) is 12.4. The van der Waals surface area contributed by atoms with Gasteiger partial charge in [-0.15, -0.1) is 0 Å². The Balaban J connectivity index is 0.000000421. The number of fused-ring (bicyclic) bond motifs is 2. The molecule has 2 aromatic carbocycles. The molecule has 1 atom stereocenters. The number of hydrogen-bond acceptors (Lipinski definition) is 11. The number of hydrogen-bond donors (Lipinski definition) is 5. The van der Waals surface area contributed by atoms with Gasteiger partial charge in [-0.3, -0.25) is 9.36 Å². The van der Waals surface area contributed by atoms with Gasteiger partial charge in [0.05, 0.1) is 30.4 Å². The highest BCUT2D eigenvalue weighted by Crippen LogP contribution is 2.41. The van der Waals surface area contributed by atoms with Gasteiger partial charge in [0, 0.05) is 32.0 Å². The highest BCUT2D eigenvalue weighted by atomic mass is 35.5. The van der Waals surface area contributed by atoms with Gasteiger partial charge in [-0.25, -0.2) is 17.8 Å². The predicted molar refractivity (Wildman–Crippen MR) is 163 cm³/mol. The van der Waals surface area contributed by atoms with Gasteiger partial charge in [-0.05, 0) is 29.8 Å². The van der Waals surface area contributed by atoms with Crippen LogP contribution in [0.15, 0.2) is 75.6 Å². The zero-order valence-corrected chi connectivity index (χ0v) is 25.8. The van der Waals surface area contributed by atoms with E-state index in [2.05, 4.69) is 31.7 Å². The number of aliphatic hydroxyl groups is 3. The molecule has 0 amide bonds. The first kappa shape index (κ1) is 33.6. The summed E-state index contributed by atoms with van der Waals surface area (Å²) in [7, 11) is -2.64. The first-order valence-electron chi connectivity index (χ1n) is 12.1. The summed E-state index contributed by atoms with van der Waals surface area (Å²) < 4.78 is 38.5. The molecule has 0 radical (unpaired) electrons. The molecule has 5 aromatic rings. The Morgan fingerprint density at radius 1 is 1.05 bits per heavy atom. The molecule has 3 aromatic heterocycles. The summed E-state index contributed by atoms with van der Waals surface area (Å²) in [4.78, 5) is 24.8. The van der Waals surface area contributed by atoms with Crippen molar-refractivity contribution in [2.75, 3.05) is 34.0 Å². The van der Waals surface area contributed by atoms with Gasteiger partial charge in [0.1, 0.15) is 0 Å². The van der Waals surface area contributed by atoms with Gasteiger partial charge < -0.3 is 29.4 Å². The maximum Gasteiger partial charge on any atom is 0.287 e. The predicted octanol–water partition coefficient (Wildman–Crippen LogP) is 2.92. The normalized spacial score (nSPS) is 12.0.